The molecule has 150 valence electrons. The van der Waals surface area contributed by atoms with Gasteiger partial charge in [-0.1, -0.05) is 27.2 Å². The van der Waals surface area contributed by atoms with Crippen LogP contribution in [0.4, 0.5) is 0 Å². The van der Waals surface area contributed by atoms with Gasteiger partial charge in [0.25, 0.3) is 0 Å². The average molecular weight is 376 g/mol. The summed E-state index contributed by atoms with van der Waals surface area (Å²) in [6, 6.07) is 0. The lowest BCUT2D eigenvalue weighted by atomic mass is 9.45. The van der Waals surface area contributed by atoms with Gasteiger partial charge in [0.15, 0.2) is 0 Å². The molecule has 4 rings (SSSR count). The normalized spacial score (nSPS) is 40.9. The number of carbonyl (C=O) groups is 2. The smallest absolute Gasteiger partial charge is 0.338 e. The second-order valence-corrected chi connectivity index (χ2v) is 9.64. The summed E-state index contributed by atoms with van der Waals surface area (Å²) in [7, 11) is 0. The van der Waals surface area contributed by atoms with E-state index in [-0.39, 0.29) is 23.3 Å². The Morgan fingerprint density at radius 3 is 2.33 bits per heavy atom. The molecule has 4 aliphatic rings. The molecule has 0 aromatic rings. The van der Waals surface area contributed by atoms with Crippen molar-refractivity contribution in [3.8, 4) is 0 Å². The van der Waals surface area contributed by atoms with Crippen molar-refractivity contribution in [2.75, 3.05) is 6.61 Å². The molecule has 3 fully saturated rings. The summed E-state index contributed by atoms with van der Waals surface area (Å²) < 4.78 is 10.2. The van der Waals surface area contributed by atoms with Crippen LogP contribution in [-0.2, 0) is 19.1 Å². The molecule has 1 unspecified atom stereocenters. The highest BCUT2D eigenvalue weighted by Gasteiger charge is 2.64. The molecule has 0 radical (unpaired) electrons. The van der Waals surface area contributed by atoms with Crippen LogP contribution in [0, 0.1) is 22.7 Å². The Labute approximate surface area is 161 Å². The van der Waals surface area contributed by atoms with Gasteiger partial charge in [-0.25, -0.2) is 9.59 Å². The Balaban J connectivity index is 0.000000253. The first-order valence-electron chi connectivity index (χ1n) is 9.97. The summed E-state index contributed by atoms with van der Waals surface area (Å²) in [6.07, 6.45) is 8.36. The van der Waals surface area contributed by atoms with E-state index in [1.807, 2.05) is 0 Å². The maximum Gasteiger partial charge on any atom is 0.338 e. The van der Waals surface area contributed by atoms with E-state index in [1.165, 1.54) is 12.8 Å². The van der Waals surface area contributed by atoms with Crippen LogP contribution in [0.5, 0.6) is 0 Å². The molecule has 0 bridgehead atoms. The minimum Gasteiger partial charge on any atom is -0.515 e. The molecule has 5 nitrogen and oxygen atoms in total. The number of cyclic esters (lactones) is 1. The van der Waals surface area contributed by atoms with Crippen LogP contribution in [0.15, 0.2) is 23.5 Å². The minimum absolute atomic E-state index is 0.0332. The SMILES string of the molecule is CC1(C)CCC[C@@]2(C)C1CC[C@@]1(C)OC(=O)/C(=C\O)[C@@H]12.CC1=CCOC1=O. The van der Waals surface area contributed by atoms with Crippen LogP contribution >= 0.6 is 0 Å². The van der Waals surface area contributed by atoms with Gasteiger partial charge in [-0.2, -0.15) is 0 Å². The third-order valence-electron chi connectivity index (χ3n) is 7.41. The van der Waals surface area contributed by atoms with Gasteiger partial charge in [-0.15, -0.1) is 0 Å². The van der Waals surface area contributed by atoms with Crippen LogP contribution in [-0.4, -0.2) is 29.3 Å². The van der Waals surface area contributed by atoms with Crippen molar-refractivity contribution in [1.82, 2.24) is 0 Å². The van der Waals surface area contributed by atoms with Gasteiger partial charge in [0.05, 0.1) is 11.8 Å². The zero-order valence-electron chi connectivity index (χ0n) is 17.1. The van der Waals surface area contributed by atoms with Crippen LogP contribution in [0.3, 0.4) is 0 Å². The number of esters is 2. The maximum absolute atomic E-state index is 12.1. The second-order valence-electron chi connectivity index (χ2n) is 9.64. The number of aliphatic hydroxyl groups is 1. The molecule has 27 heavy (non-hydrogen) atoms. The highest BCUT2D eigenvalue weighted by Crippen LogP contribution is 2.66. The molecule has 0 spiro atoms. The zero-order valence-corrected chi connectivity index (χ0v) is 17.1. The molecule has 0 aromatic carbocycles. The lowest BCUT2D eigenvalue weighted by molar-refractivity contribution is -0.164. The van der Waals surface area contributed by atoms with E-state index in [2.05, 4.69) is 32.4 Å². The number of hydrogen-bond acceptors (Lipinski definition) is 5. The molecule has 1 N–H and O–H groups in total. The van der Waals surface area contributed by atoms with E-state index in [9.17, 15) is 14.7 Å². The van der Waals surface area contributed by atoms with Gasteiger partial charge in [0, 0.05) is 11.5 Å². The van der Waals surface area contributed by atoms with Crippen molar-refractivity contribution in [3.63, 3.8) is 0 Å². The summed E-state index contributed by atoms with van der Waals surface area (Å²) in [5.74, 6) is 0.127. The van der Waals surface area contributed by atoms with E-state index in [0.29, 0.717) is 23.5 Å². The van der Waals surface area contributed by atoms with Gasteiger partial charge < -0.3 is 14.6 Å². The number of aliphatic hydroxyl groups excluding tert-OH is 1. The highest BCUT2D eigenvalue weighted by atomic mass is 16.6. The first-order valence-corrected chi connectivity index (χ1v) is 9.97. The number of carbonyl (C=O) groups excluding carboxylic acids is 2. The van der Waals surface area contributed by atoms with Gasteiger partial charge in [0.1, 0.15) is 12.2 Å². The summed E-state index contributed by atoms with van der Waals surface area (Å²) in [6.45, 7) is 11.3. The molecule has 0 aromatic heterocycles. The van der Waals surface area contributed by atoms with Crippen molar-refractivity contribution in [2.45, 2.75) is 72.3 Å². The number of rotatable bonds is 0. The molecule has 2 saturated carbocycles. The van der Waals surface area contributed by atoms with E-state index < -0.39 is 5.60 Å². The topological polar surface area (TPSA) is 72.8 Å². The fraction of sp³-hybridized carbons (Fsp3) is 0.727. The van der Waals surface area contributed by atoms with Crippen LogP contribution in [0.25, 0.3) is 0 Å². The summed E-state index contributed by atoms with van der Waals surface area (Å²) >= 11 is 0. The van der Waals surface area contributed by atoms with Crippen LogP contribution in [0.2, 0.25) is 0 Å². The predicted octanol–water partition coefficient (Wildman–Crippen LogP) is 4.48. The first-order chi connectivity index (χ1) is 12.5. The largest absolute Gasteiger partial charge is 0.515 e. The van der Waals surface area contributed by atoms with Gasteiger partial charge in [-0.3, -0.25) is 0 Å². The van der Waals surface area contributed by atoms with E-state index in [0.717, 1.165) is 31.1 Å². The number of fused-ring (bicyclic) bond motifs is 3. The Morgan fingerprint density at radius 1 is 1.11 bits per heavy atom. The van der Waals surface area contributed by atoms with Crippen molar-refractivity contribution < 1.29 is 24.2 Å². The fourth-order valence-corrected chi connectivity index (χ4v) is 6.25. The molecule has 1 saturated heterocycles. The molecule has 0 amide bonds. The monoisotopic (exact) mass is 376 g/mol. The van der Waals surface area contributed by atoms with Gasteiger partial charge in [0.2, 0.25) is 0 Å². The Hall–Kier alpha value is -1.78. The fourth-order valence-electron chi connectivity index (χ4n) is 6.25. The first kappa shape index (κ1) is 20.0. The standard InChI is InChI=1S/C17H26O3.C5H6O2/c1-15(2)7-5-8-16(3)12(15)6-9-17(4)13(16)11(10-18)14(19)20-17;1-4-2-3-7-5(4)6/h10,12-13,18H,5-9H2,1-4H3;2H,3H2,1H3/b11-10-;/t12?,13-,16+,17-;/m1./s1. The molecular weight excluding hydrogens is 344 g/mol. The van der Waals surface area contributed by atoms with Gasteiger partial charge in [-0.05, 0) is 62.4 Å². The zero-order chi connectivity index (χ0) is 20.0. The number of hydrogen-bond donors (Lipinski definition) is 1. The molecule has 5 heteroatoms. The summed E-state index contributed by atoms with van der Waals surface area (Å²) in [5.41, 5.74) is 1.15. The molecular formula is C22H32O5. The van der Waals surface area contributed by atoms with Gasteiger partial charge >= 0.3 is 11.9 Å². The average Bonchev–Trinajstić information content (AvgIpc) is 3.06. The second kappa shape index (κ2) is 6.68. The number of ether oxygens (including phenoxy) is 2. The van der Waals surface area contributed by atoms with E-state index >= 15 is 0 Å². The van der Waals surface area contributed by atoms with Crippen LogP contribution in [0.1, 0.15) is 66.7 Å². The Bertz CT molecular complexity index is 703. The summed E-state index contributed by atoms with van der Waals surface area (Å²) in [5, 5.41) is 9.56. The van der Waals surface area contributed by atoms with Crippen molar-refractivity contribution >= 4 is 11.9 Å². The minimum atomic E-state index is -0.426. The highest BCUT2D eigenvalue weighted by molar-refractivity contribution is 5.92. The van der Waals surface area contributed by atoms with E-state index in [4.69, 9.17) is 4.74 Å². The molecule has 2 heterocycles. The lowest BCUT2D eigenvalue weighted by Crippen LogP contribution is -2.56. The Morgan fingerprint density at radius 2 is 1.81 bits per heavy atom. The quantitative estimate of drug-likeness (QED) is 0.383. The predicted molar refractivity (Wildman–Crippen MR) is 102 cm³/mol. The van der Waals surface area contributed by atoms with Crippen molar-refractivity contribution in [1.29, 1.82) is 0 Å². The van der Waals surface area contributed by atoms with E-state index in [1.54, 1.807) is 13.0 Å². The molecule has 2 aliphatic carbocycles. The molecule has 2 aliphatic heterocycles. The molecule has 4 atom stereocenters. The summed E-state index contributed by atoms with van der Waals surface area (Å²) in [4.78, 5) is 22.4. The third kappa shape index (κ3) is 3.19. The Kier molecular flexibility index (Phi) is 4.94. The third-order valence-corrected chi connectivity index (χ3v) is 7.41. The van der Waals surface area contributed by atoms with Crippen molar-refractivity contribution in [2.24, 2.45) is 22.7 Å². The lowest BCUT2D eigenvalue weighted by Gasteiger charge is -2.59. The van der Waals surface area contributed by atoms with Crippen molar-refractivity contribution in [3.05, 3.63) is 23.5 Å². The maximum atomic E-state index is 12.1. The van der Waals surface area contributed by atoms with Crippen LogP contribution < -0.4 is 0 Å².